The van der Waals surface area contributed by atoms with Crippen molar-refractivity contribution in [3.63, 3.8) is 0 Å². The number of hydrogen-bond acceptors (Lipinski definition) is 2. The molecule has 19 heavy (non-hydrogen) atoms. The summed E-state index contributed by atoms with van der Waals surface area (Å²) < 4.78 is 5.36. The fraction of sp³-hybridized carbons (Fsp3) is 0.500. The fourth-order valence-electron chi connectivity index (χ4n) is 2.15. The first-order chi connectivity index (χ1) is 9.15. The first-order valence-corrected chi connectivity index (χ1v) is 7.19. The number of halogens is 2. The maximum Gasteiger partial charge on any atom is 0.220 e. The van der Waals surface area contributed by atoms with Crippen molar-refractivity contribution in [2.24, 2.45) is 5.92 Å². The van der Waals surface area contributed by atoms with Gasteiger partial charge in [-0.05, 0) is 36.5 Å². The topological polar surface area (TPSA) is 38.3 Å². The van der Waals surface area contributed by atoms with Crippen LogP contribution >= 0.6 is 23.2 Å². The molecule has 1 saturated heterocycles. The molecular weight excluding hydrogens is 285 g/mol. The van der Waals surface area contributed by atoms with Crippen LogP contribution < -0.4 is 5.32 Å². The summed E-state index contributed by atoms with van der Waals surface area (Å²) in [7, 11) is 0. The van der Waals surface area contributed by atoms with Crippen molar-refractivity contribution in [1.29, 1.82) is 0 Å². The van der Waals surface area contributed by atoms with Gasteiger partial charge in [-0.25, -0.2) is 0 Å². The standard InChI is InChI=1S/C14H17Cl2NO2/c15-12-4-3-10(6-13(12)16)8-17-14(18)7-11-2-1-5-19-9-11/h3-4,6,11H,1-2,5,7-9H2,(H,17,18)/t11-/m1/s1. The number of carbonyl (C=O) groups is 1. The van der Waals surface area contributed by atoms with Crippen LogP contribution in [0.15, 0.2) is 18.2 Å². The van der Waals surface area contributed by atoms with E-state index in [0.29, 0.717) is 35.5 Å². The van der Waals surface area contributed by atoms with Gasteiger partial charge >= 0.3 is 0 Å². The Bertz CT molecular complexity index is 445. The van der Waals surface area contributed by atoms with Gasteiger partial charge in [-0.1, -0.05) is 29.3 Å². The molecule has 0 radical (unpaired) electrons. The molecule has 0 unspecified atom stereocenters. The van der Waals surface area contributed by atoms with Gasteiger partial charge in [0.1, 0.15) is 0 Å². The number of nitrogens with one attached hydrogen (secondary N) is 1. The molecule has 2 rings (SSSR count). The Hall–Kier alpha value is -0.770. The zero-order valence-electron chi connectivity index (χ0n) is 10.6. The molecule has 1 aromatic carbocycles. The Kier molecular flexibility index (Phi) is 5.49. The first kappa shape index (κ1) is 14.6. The van der Waals surface area contributed by atoms with E-state index < -0.39 is 0 Å². The molecule has 1 heterocycles. The quantitative estimate of drug-likeness (QED) is 0.925. The average molecular weight is 302 g/mol. The van der Waals surface area contributed by atoms with Gasteiger partial charge in [-0.3, -0.25) is 4.79 Å². The lowest BCUT2D eigenvalue weighted by Gasteiger charge is -2.21. The van der Waals surface area contributed by atoms with E-state index in [-0.39, 0.29) is 5.91 Å². The van der Waals surface area contributed by atoms with E-state index in [1.54, 1.807) is 12.1 Å². The van der Waals surface area contributed by atoms with Crippen molar-refractivity contribution in [2.75, 3.05) is 13.2 Å². The summed E-state index contributed by atoms with van der Waals surface area (Å²) in [4.78, 5) is 11.8. The van der Waals surface area contributed by atoms with E-state index in [9.17, 15) is 4.79 Å². The molecule has 0 saturated carbocycles. The third-order valence-electron chi connectivity index (χ3n) is 3.20. The van der Waals surface area contributed by atoms with Crippen LogP contribution in [0.3, 0.4) is 0 Å². The van der Waals surface area contributed by atoms with Gasteiger partial charge in [0, 0.05) is 26.2 Å². The molecule has 1 aliphatic heterocycles. The van der Waals surface area contributed by atoms with Gasteiger partial charge in [-0.2, -0.15) is 0 Å². The zero-order chi connectivity index (χ0) is 13.7. The Labute approximate surface area is 123 Å². The molecule has 104 valence electrons. The van der Waals surface area contributed by atoms with Crippen LogP contribution in [-0.4, -0.2) is 19.1 Å². The molecule has 3 nitrogen and oxygen atoms in total. The second-order valence-electron chi connectivity index (χ2n) is 4.81. The second kappa shape index (κ2) is 7.13. The van der Waals surface area contributed by atoms with Crippen molar-refractivity contribution in [1.82, 2.24) is 5.32 Å². The molecule has 1 aromatic rings. The van der Waals surface area contributed by atoms with Crippen LogP contribution in [0.2, 0.25) is 10.0 Å². The number of carbonyl (C=O) groups excluding carboxylic acids is 1. The molecule has 1 atom stereocenters. The molecule has 0 aliphatic carbocycles. The van der Waals surface area contributed by atoms with Crippen molar-refractivity contribution >= 4 is 29.1 Å². The minimum atomic E-state index is 0.0570. The number of amides is 1. The van der Waals surface area contributed by atoms with Gasteiger partial charge in [0.15, 0.2) is 0 Å². The summed E-state index contributed by atoms with van der Waals surface area (Å²) in [5.74, 6) is 0.407. The largest absolute Gasteiger partial charge is 0.381 e. The van der Waals surface area contributed by atoms with Crippen LogP contribution in [0.5, 0.6) is 0 Å². The molecule has 1 amide bonds. The van der Waals surface area contributed by atoms with Crippen molar-refractivity contribution in [2.45, 2.75) is 25.8 Å². The van der Waals surface area contributed by atoms with Crippen molar-refractivity contribution in [3.8, 4) is 0 Å². The minimum absolute atomic E-state index is 0.0570. The maximum absolute atomic E-state index is 11.8. The van der Waals surface area contributed by atoms with Crippen LogP contribution in [0.1, 0.15) is 24.8 Å². The van der Waals surface area contributed by atoms with Crippen LogP contribution in [0.4, 0.5) is 0 Å². The monoisotopic (exact) mass is 301 g/mol. The van der Waals surface area contributed by atoms with Crippen molar-refractivity contribution in [3.05, 3.63) is 33.8 Å². The molecular formula is C14H17Cl2NO2. The average Bonchev–Trinajstić information content (AvgIpc) is 2.41. The third-order valence-corrected chi connectivity index (χ3v) is 3.94. The van der Waals surface area contributed by atoms with E-state index in [0.717, 1.165) is 25.0 Å². The number of hydrogen-bond donors (Lipinski definition) is 1. The Balaban J connectivity index is 1.77. The summed E-state index contributed by atoms with van der Waals surface area (Å²) >= 11 is 11.8. The number of benzene rings is 1. The van der Waals surface area contributed by atoms with Crippen molar-refractivity contribution < 1.29 is 9.53 Å². The highest BCUT2D eigenvalue weighted by Crippen LogP contribution is 2.22. The fourth-order valence-corrected chi connectivity index (χ4v) is 2.47. The normalized spacial score (nSPS) is 19.2. The van der Waals surface area contributed by atoms with Gasteiger partial charge in [0.05, 0.1) is 10.0 Å². The summed E-state index contributed by atoms with van der Waals surface area (Å²) in [6.45, 7) is 1.99. The SMILES string of the molecule is O=C(C[C@H]1CCCOC1)NCc1ccc(Cl)c(Cl)c1. The summed E-state index contributed by atoms with van der Waals surface area (Å²) in [6.07, 6.45) is 2.65. The summed E-state index contributed by atoms with van der Waals surface area (Å²) in [5.41, 5.74) is 0.947. The van der Waals surface area contributed by atoms with Gasteiger partial charge in [0.25, 0.3) is 0 Å². The molecule has 0 bridgehead atoms. The summed E-state index contributed by atoms with van der Waals surface area (Å²) in [6, 6.07) is 5.37. The zero-order valence-corrected chi connectivity index (χ0v) is 12.1. The van der Waals surface area contributed by atoms with E-state index in [1.807, 2.05) is 6.07 Å². The molecule has 1 fully saturated rings. The Morgan fingerprint density at radius 2 is 2.21 bits per heavy atom. The van der Waals surface area contributed by atoms with Crippen LogP contribution in [-0.2, 0) is 16.1 Å². The van der Waals surface area contributed by atoms with Gasteiger partial charge in [-0.15, -0.1) is 0 Å². The Morgan fingerprint density at radius 3 is 2.89 bits per heavy atom. The number of rotatable bonds is 4. The summed E-state index contributed by atoms with van der Waals surface area (Å²) in [5, 5.41) is 3.93. The lowest BCUT2D eigenvalue weighted by molar-refractivity contribution is -0.123. The minimum Gasteiger partial charge on any atom is -0.381 e. The van der Waals surface area contributed by atoms with E-state index in [2.05, 4.69) is 5.32 Å². The van der Waals surface area contributed by atoms with Crippen LogP contribution in [0, 0.1) is 5.92 Å². The Morgan fingerprint density at radius 1 is 1.37 bits per heavy atom. The third kappa shape index (κ3) is 4.68. The molecule has 0 aromatic heterocycles. The predicted octanol–water partition coefficient (Wildman–Crippen LogP) is 3.43. The number of ether oxygens (including phenoxy) is 1. The molecule has 5 heteroatoms. The van der Waals surface area contributed by atoms with Gasteiger partial charge < -0.3 is 10.1 Å². The van der Waals surface area contributed by atoms with E-state index in [4.69, 9.17) is 27.9 Å². The maximum atomic E-state index is 11.8. The lowest BCUT2D eigenvalue weighted by atomic mass is 9.98. The second-order valence-corrected chi connectivity index (χ2v) is 5.63. The van der Waals surface area contributed by atoms with Gasteiger partial charge in [0.2, 0.25) is 5.91 Å². The highest BCUT2D eigenvalue weighted by Gasteiger charge is 2.17. The van der Waals surface area contributed by atoms with Crippen LogP contribution in [0.25, 0.3) is 0 Å². The first-order valence-electron chi connectivity index (χ1n) is 6.43. The molecule has 1 aliphatic rings. The highest BCUT2D eigenvalue weighted by atomic mass is 35.5. The molecule has 1 N–H and O–H groups in total. The lowest BCUT2D eigenvalue weighted by Crippen LogP contribution is -2.28. The van der Waals surface area contributed by atoms with E-state index >= 15 is 0 Å². The smallest absolute Gasteiger partial charge is 0.220 e. The predicted molar refractivity (Wildman–Crippen MR) is 76.5 cm³/mol. The highest BCUT2D eigenvalue weighted by molar-refractivity contribution is 6.42. The molecule has 0 spiro atoms. The van der Waals surface area contributed by atoms with E-state index in [1.165, 1.54) is 0 Å².